The van der Waals surface area contributed by atoms with Crippen LogP contribution in [-0.2, 0) is 6.42 Å². The van der Waals surface area contributed by atoms with Crippen LogP contribution in [0.3, 0.4) is 0 Å². The number of piperidine rings is 1. The quantitative estimate of drug-likeness (QED) is 0.794. The first-order valence-electron chi connectivity index (χ1n) is 7.67. The highest BCUT2D eigenvalue weighted by molar-refractivity contribution is 5.88. The van der Waals surface area contributed by atoms with Crippen LogP contribution in [0.15, 0.2) is 30.0 Å². The molecule has 3 heteroatoms. The molecule has 3 nitrogen and oxygen atoms in total. The second kappa shape index (κ2) is 3.67. The maximum Gasteiger partial charge on any atom is 0.0591 e. The minimum absolute atomic E-state index is 0.518. The van der Waals surface area contributed by atoms with E-state index >= 15 is 0 Å². The number of para-hydroxylation sites is 1. The number of fused-ring (bicyclic) bond motifs is 3. The number of benzene rings is 1. The van der Waals surface area contributed by atoms with E-state index in [0.717, 1.165) is 5.70 Å². The summed E-state index contributed by atoms with van der Waals surface area (Å²) in [6, 6.07) is 9.30. The zero-order valence-electron chi connectivity index (χ0n) is 11.5. The van der Waals surface area contributed by atoms with E-state index < -0.39 is 0 Å². The zero-order chi connectivity index (χ0) is 13.3. The summed E-state index contributed by atoms with van der Waals surface area (Å²) in [5, 5.41) is 1.43. The van der Waals surface area contributed by atoms with E-state index in [1.165, 1.54) is 48.9 Å². The van der Waals surface area contributed by atoms with Gasteiger partial charge in [0, 0.05) is 35.4 Å². The molecule has 0 aliphatic carbocycles. The first kappa shape index (κ1) is 11.0. The van der Waals surface area contributed by atoms with Crippen LogP contribution in [0.4, 0.5) is 0 Å². The summed E-state index contributed by atoms with van der Waals surface area (Å²) in [7, 11) is 0. The van der Waals surface area contributed by atoms with E-state index in [1.807, 2.05) is 0 Å². The van der Waals surface area contributed by atoms with Crippen LogP contribution in [0.1, 0.15) is 30.1 Å². The number of rotatable bonds is 0. The van der Waals surface area contributed by atoms with Gasteiger partial charge in [-0.15, -0.1) is 0 Å². The van der Waals surface area contributed by atoms with E-state index in [2.05, 4.69) is 39.9 Å². The lowest BCUT2D eigenvalue weighted by molar-refractivity contribution is 0.0922. The van der Waals surface area contributed by atoms with Crippen LogP contribution >= 0.6 is 0 Å². The van der Waals surface area contributed by atoms with Gasteiger partial charge in [-0.05, 0) is 37.4 Å². The molecule has 1 saturated heterocycles. The monoisotopic (exact) mass is 265 g/mol. The first-order chi connectivity index (χ1) is 9.84. The normalized spacial score (nSPS) is 28.3. The minimum Gasteiger partial charge on any atom is -0.401 e. The molecule has 2 aromatic rings. The molecule has 102 valence electrons. The number of aromatic nitrogens is 1. The van der Waals surface area contributed by atoms with E-state index in [4.69, 9.17) is 5.73 Å². The summed E-state index contributed by atoms with van der Waals surface area (Å²) in [4.78, 5) is 2.66. The number of nitrogens with two attached hydrogens (primary N) is 1. The van der Waals surface area contributed by atoms with Crippen molar-refractivity contribution in [2.24, 2.45) is 11.7 Å². The Morgan fingerprint density at radius 1 is 1.15 bits per heavy atom. The van der Waals surface area contributed by atoms with E-state index in [-0.39, 0.29) is 0 Å². The van der Waals surface area contributed by atoms with Gasteiger partial charge in [0.1, 0.15) is 0 Å². The van der Waals surface area contributed by atoms with Gasteiger partial charge in [-0.3, -0.25) is 4.90 Å². The van der Waals surface area contributed by atoms with Gasteiger partial charge in [-0.2, -0.15) is 0 Å². The van der Waals surface area contributed by atoms with Gasteiger partial charge in [0.15, 0.2) is 0 Å². The topological polar surface area (TPSA) is 34.2 Å². The van der Waals surface area contributed by atoms with Crippen LogP contribution in [0.2, 0.25) is 0 Å². The lowest BCUT2D eigenvalue weighted by atomic mass is 9.79. The Labute approximate surface area is 118 Å². The van der Waals surface area contributed by atoms with Gasteiger partial charge in [-0.1, -0.05) is 18.2 Å². The van der Waals surface area contributed by atoms with Crippen molar-refractivity contribution < 1.29 is 0 Å². The van der Waals surface area contributed by atoms with Crippen LogP contribution < -0.4 is 5.73 Å². The fourth-order valence-corrected chi connectivity index (χ4v) is 4.60. The van der Waals surface area contributed by atoms with Gasteiger partial charge >= 0.3 is 0 Å². The molecule has 2 atom stereocenters. The molecule has 0 amide bonds. The third-order valence-electron chi connectivity index (χ3n) is 5.43. The lowest BCUT2D eigenvalue weighted by Crippen LogP contribution is -2.46. The predicted octanol–water partition coefficient (Wildman–Crippen LogP) is 2.72. The van der Waals surface area contributed by atoms with Crippen LogP contribution in [0.25, 0.3) is 17.1 Å². The number of nitrogens with zero attached hydrogens (tertiary/aromatic N) is 2. The Balaban J connectivity index is 1.88. The third kappa shape index (κ3) is 1.20. The lowest BCUT2D eigenvalue weighted by Gasteiger charge is -2.46. The van der Waals surface area contributed by atoms with Crippen molar-refractivity contribution in [2.75, 3.05) is 13.1 Å². The van der Waals surface area contributed by atoms with Crippen molar-refractivity contribution in [3.8, 4) is 0 Å². The fourth-order valence-electron chi connectivity index (χ4n) is 4.60. The van der Waals surface area contributed by atoms with Crippen LogP contribution in [-0.4, -0.2) is 22.6 Å². The Bertz CT molecular complexity index is 740. The molecule has 3 aliphatic rings. The van der Waals surface area contributed by atoms with Gasteiger partial charge in [0.05, 0.1) is 11.6 Å². The molecule has 20 heavy (non-hydrogen) atoms. The summed E-state index contributed by atoms with van der Waals surface area (Å²) in [6.45, 7) is 2.42. The van der Waals surface area contributed by atoms with E-state index in [1.54, 1.807) is 5.56 Å². The molecule has 0 bridgehead atoms. The molecular weight excluding hydrogens is 246 g/mol. The van der Waals surface area contributed by atoms with Crippen molar-refractivity contribution in [3.63, 3.8) is 0 Å². The molecule has 3 aliphatic heterocycles. The third-order valence-corrected chi connectivity index (χ3v) is 5.43. The van der Waals surface area contributed by atoms with Crippen LogP contribution in [0, 0.1) is 5.92 Å². The summed E-state index contributed by atoms with van der Waals surface area (Å²) in [5.41, 5.74) is 11.9. The Morgan fingerprint density at radius 3 is 3.00 bits per heavy atom. The standard InChI is InChI=1S/C17H19N3/c18-14-10-20-15-6-2-1-4-11(15)12-7-9-19-8-3-5-13(14)16(19)17(12)20/h1-2,4,6,10,13,16H,3,5,7-9,18H2/t13-,16-/m1/s1. The fraction of sp³-hybridized carbons (Fsp3) is 0.412. The maximum absolute atomic E-state index is 6.40. The molecule has 0 radical (unpaired) electrons. The van der Waals surface area contributed by atoms with Gasteiger partial charge in [-0.25, -0.2) is 0 Å². The molecule has 1 aromatic carbocycles. The van der Waals surface area contributed by atoms with Crippen LogP contribution in [0.5, 0.6) is 0 Å². The van der Waals surface area contributed by atoms with Crippen molar-refractivity contribution >= 4 is 17.1 Å². The second-order valence-corrected chi connectivity index (χ2v) is 6.36. The molecule has 1 fully saturated rings. The Hall–Kier alpha value is -1.74. The van der Waals surface area contributed by atoms with Gasteiger partial charge in [0.2, 0.25) is 0 Å². The Kier molecular flexibility index (Phi) is 2.01. The first-order valence-corrected chi connectivity index (χ1v) is 7.67. The smallest absolute Gasteiger partial charge is 0.0591 e. The SMILES string of the molecule is NC1=Cn2c3c(c4ccccc42)CCN2CCC[C@H]1[C@H]32. The average molecular weight is 265 g/mol. The van der Waals surface area contributed by atoms with Crippen molar-refractivity contribution in [1.29, 1.82) is 0 Å². The molecule has 4 heterocycles. The molecule has 5 rings (SSSR count). The molecule has 0 spiro atoms. The predicted molar refractivity (Wildman–Crippen MR) is 81.1 cm³/mol. The summed E-state index contributed by atoms with van der Waals surface area (Å²) in [5.74, 6) is 0.527. The minimum atomic E-state index is 0.518. The molecule has 2 N–H and O–H groups in total. The number of hydrogen-bond donors (Lipinski definition) is 1. The average Bonchev–Trinajstić information content (AvgIpc) is 2.82. The highest BCUT2D eigenvalue weighted by Crippen LogP contribution is 2.48. The summed E-state index contributed by atoms with van der Waals surface area (Å²) in [6.07, 6.45) is 5.90. The molecular formula is C17H19N3. The van der Waals surface area contributed by atoms with Crippen molar-refractivity contribution in [1.82, 2.24) is 9.47 Å². The maximum atomic E-state index is 6.40. The largest absolute Gasteiger partial charge is 0.401 e. The summed E-state index contributed by atoms with van der Waals surface area (Å²) < 4.78 is 2.37. The Morgan fingerprint density at radius 2 is 2.05 bits per heavy atom. The zero-order valence-corrected chi connectivity index (χ0v) is 11.5. The molecule has 0 unspecified atom stereocenters. The highest BCUT2D eigenvalue weighted by Gasteiger charge is 2.42. The molecule has 0 saturated carbocycles. The van der Waals surface area contributed by atoms with E-state index in [0.29, 0.717) is 12.0 Å². The van der Waals surface area contributed by atoms with E-state index in [9.17, 15) is 0 Å². The highest BCUT2D eigenvalue weighted by atomic mass is 15.2. The van der Waals surface area contributed by atoms with Gasteiger partial charge < -0.3 is 10.3 Å². The van der Waals surface area contributed by atoms with Gasteiger partial charge in [0.25, 0.3) is 0 Å². The molecule has 1 aromatic heterocycles. The van der Waals surface area contributed by atoms with Crippen molar-refractivity contribution in [3.05, 3.63) is 41.2 Å². The van der Waals surface area contributed by atoms with Crippen molar-refractivity contribution in [2.45, 2.75) is 25.3 Å². The summed E-state index contributed by atoms with van der Waals surface area (Å²) >= 11 is 0. The number of hydrogen-bond acceptors (Lipinski definition) is 2. The second-order valence-electron chi connectivity index (χ2n) is 6.36.